The molecule has 2 fully saturated rings. The quantitative estimate of drug-likeness (QED) is 0.616. The van der Waals surface area contributed by atoms with Gasteiger partial charge in [-0.1, -0.05) is 22.6 Å². The first-order chi connectivity index (χ1) is 6.24. The van der Waals surface area contributed by atoms with Crippen molar-refractivity contribution in [1.82, 2.24) is 5.32 Å². The van der Waals surface area contributed by atoms with E-state index in [9.17, 15) is 0 Å². The predicted octanol–water partition coefficient (Wildman–Crippen LogP) is 1.30. The number of ether oxygens (including phenoxy) is 2. The number of fused-ring (bicyclic) bond motifs is 2. The molecule has 13 heavy (non-hydrogen) atoms. The maximum Gasteiger partial charge on any atom is 0.106 e. The molecule has 0 amide bonds. The highest BCUT2D eigenvalue weighted by molar-refractivity contribution is 14.1. The van der Waals surface area contributed by atoms with Gasteiger partial charge in [0, 0.05) is 12.1 Å². The molecular formula is C9H16INO2. The van der Waals surface area contributed by atoms with Crippen molar-refractivity contribution in [1.29, 1.82) is 0 Å². The maximum atomic E-state index is 5.82. The van der Waals surface area contributed by atoms with Gasteiger partial charge < -0.3 is 14.8 Å². The Kier molecular flexibility index (Phi) is 3.45. The van der Waals surface area contributed by atoms with Crippen LogP contribution in [0.4, 0.5) is 0 Å². The van der Waals surface area contributed by atoms with E-state index in [0.29, 0.717) is 22.3 Å². The average molecular weight is 297 g/mol. The van der Waals surface area contributed by atoms with Crippen molar-refractivity contribution in [3.8, 4) is 0 Å². The lowest BCUT2D eigenvalue weighted by atomic mass is 9.95. The molecule has 3 atom stereocenters. The molecule has 76 valence electrons. The highest BCUT2D eigenvalue weighted by atomic mass is 127. The van der Waals surface area contributed by atoms with Crippen LogP contribution in [0.25, 0.3) is 0 Å². The van der Waals surface area contributed by atoms with Crippen LogP contribution in [0.2, 0.25) is 0 Å². The fraction of sp³-hybridized carbons (Fsp3) is 1.00. The Morgan fingerprint density at radius 3 is 2.54 bits per heavy atom. The van der Waals surface area contributed by atoms with Gasteiger partial charge >= 0.3 is 0 Å². The summed E-state index contributed by atoms with van der Waals surface area (Å²) < 4.78 is 11.6. The standard InChI is InChI=1S/C9H16INO2/c1-6(10)13-9-2-7-4-12-5-8(3-9)11-7/h6-9,11H,2-5H2,1H3. The largest absolute Gasteiger partial charge is 0.378 e. The molecule has 3 nitrogen and oxygen atoms in total. The van der Waals surface area contributed by atoms with Crippen LogP contribution in [-0.4, -0.2) is 35.5 Å². The molecule has 4 heteroatoms. The highest BCUT2D eigenvalue weighted by Crippen LogP contribution is 2.23. The second-order valence-electron chi connectivity index (χ2n) is 3.87. The second-order valence-corrected chi connectivity index (χ2v) is 5.62. The predicted molar refractivity (Wildman–Crippen MR) is 59.1 cm³/mol. The van der Waals surface area contributed by atoms with Crippen molar-refractivity contribution in [2.24, 2.45) is 0 Å². The summed E-state index contributed by atoms with van der Waals surface area (Å²) >= 11 is 2.32. The van der Waals surface area contributed by atoms with E-state index in [1.54, 1.807) is 0 Å². The number of hydrogen-bond acceptors (Lipinski definition) is 3. The van der Waals surface area contributed by atoms with Crippen molar-refractivity contribution < 1.29 is 9.47 Å². The van der Waals surface area contributed by atoms with Crippen molar-refractivity contribution in [3.63, 3.8) is 0 Å². The molecule has 0 aromatic carbocycles. The first-order valence-electron chi connectivity index (χ1n) is 4.87. The van der Waals surface area contributed by atoms with E-state index in [2.05, 4.69) is 34.8 Å². The molecule has 2 aliphatic heterocycles. The van der Waals surface area contributed by atoms with E-state index in [1.807, 2.05) is 0 Å². The van der Waals surface area contributed by atoms with Crippen LogP contribution >= 0.6 is 22.6 Å². The number of morpholine rings is 1. The lowest BCUT2D eigenvalue weighted by Gasteiger charge is -2.40. The third-order valence-corrected chi connectivity index (χ3v) is 2.88. The molecule has 3 unspecified atom stereocenters. The van der Waals surface area contributed by atoms with Gasteiger partial charge in [-0.25, -0.2) is 0 Å². The van der Waals surface area contributed by atoms with Gasteiger partial charge in [-0.2, -0.15) is 0 Å². The number of hydrogen-bond donors (Lipinski definition) is 1. The van der Waals surface area contributed by atoms with Gasteiger partial charge in [0.25, 0.3) is 0 Å². The molecular weight excluding hydrogens is 281 g/mol. The van der Waals surface area contributed by atoms with Gasteiger partial charge in [0.05, 0.1) is 19.3 Å². The summed E-state index contributed by atoms with van der Waals surface area (Å²) in [5, 5.41) is 3.55. The lowest BCUT2D eigenvalue weighted by molar-refractivity contribution is -0.0493. The van der Waals surface area contributed by atoms with Crippen LogP contribution in [0, 0.1) is 0 Å². The van der Waals surface area contributed by atoms with Gasteiger partial charge in [-0.3, -0.25) is 0 Å². The van der Waals surface area contributed by atoms with E-state index in [4.69, 9.17) is 9.47 Å². The molecule has 0 saturated carbocycles. The Hall–Kier alpha value is 0.610. The molecule has 0 spiro atoms. The molecule has 1 N–H and O–H groups in total. The monoisotopic (exact) mass is 297 g/mol. The van der Waals surface area contributed by atoms with E-state index >= 15 is 0 Å². The van der Waals surface area contributed by atoms with Crippen molar-refractivity contribution in [3.05, 3.63) is 0 Å². The third kappa shape index (κ3) is 2.78. The number of rotatable bonds is 2. The fourth-order valence-electron chi connectivity index (χ4n) is 2.16. The Balaban J connectivity index is 1.86. The van der Waals surface area contributed by atoms with Crippen LogP contribution in [-0.2, 0) is 9.47 Å². The lowest BCUT2D eigenvalue weighted by Crippen LogP contribution is -2.56. The summed E-state index contributed by atoms with van der Waals surface area (Å²) in [6.07, 6.45) is 2.64. The zero-order valence-electron chi connectivity index (χ0n) is 7.83. The summed E-state index contributed by atoms with van der Waals surface area (Å²) in [6, 6.07) is 1.04. The fourth-order valence-corrected chi connectivity index (χ4v) is 2.58. The van der Waals surface area contributed by atoms with Gasteiger partial charge in [-0.05, 0) is 19.8 Å². The Morgan fingerprint density at radius 2 is 2.00 bits per heavy atom. The summed E-state index contributed by atoms with van der Waals surface area (Å²) in [5.74, 6) is 0. The molecule has 0 aliphatic carbocycles. The van der Waals surface area contributed by atoms with Crippen LogP contribution < -0.4 is 5.32 Å². The Bertz CT molecular complexity index is 165. The van der Waals surface area contributed by atoms with Crippen LogP contribution in [0.3, 0.4) is 0 Å². The first-order valence-corrected chi connectivity index (χ1v) is 6.12. The number of nitrogens with one attached hydrogen (secondary N) is 1. The minimum Gasteiger partial charge on any atom is -0.378 e. The van der Waals surface area contributed by atoms with Gasteiger partial charge in [0.1, 0.15) is 4.11 Å². The number of piperidine rings is 1. The van der Waals surface area contributed by atoms with Gasteiger partial charge in [0.15, 0.2) is 0 Å². The van der Waals surface area contributed by atoms with Crippen LogP contribution in [0.15, 0.2) is 0 Å². The summed E-state index contributed by atoms with van der Waals surface area (Å²) in [6.45, 7) is 3.80. The second kappa shape index (κ2) is 4.42. The molecule has 2 heterocycles. The minimum absolute atomic E-state index is 0.322. The van der Waals surface area contributed by atoms with Gasteiger partial charge in [0.2, 0.25) is 0 Å². The smallest absolute Gasteiger partial charge is 0.106 e. The summed E-state index contributed by atoms with van der Waals surface area (Å²) in [7, 11) is 0. The molecule has 2 bridgehead atoms. The van der Waals surface area contributed by atoms with Crippen molar-refractivity contribution >= 4 is 22.6 Å². The van der Waals surface area contributed by atoms with Crippen LogP contribution in [0.1, 0.15) is 19.8 Å². The van der Waals surface area contributed by atoms with Crippen LogP contribution in [0.5, 0.6) is 0 Å². The molecule has 0 aromatic heterocycles. The molecule has 2 aliphatic rings. The zero-order valence-corrected chi connectivity index (χ0v) is 9.99. The summed E-state index contributed by atoms with van der Waals surface area (Å²) in [4.78, 5) is 0. The Labute approximate surface area is 92.7 Å². The highest BCUT2D eigenvalue weighted by Gasteiger charge is 2.32. The minimum atomic E-state index is 0.322. The Morgan fingerprint density at radius 1 is 1.38 bits per heavy atom. The molecule has 0 aromatic rings. The van der Waals surface area contributed by atoms with Crippen molar-refractivity contribution in [2.45, 2.75) is 42.1 Å². The van der Waals surface area contributed by atoms with E-state index in [-0.39, 0.29) is 0 Å². The third-order valence-electron chi connectivity index (χ3n) is 2.58. The average Bonchev–Trinajstić information content (AvgIpc) is 2.01. The van der Waals surface area contributed by atoms with E-state index in [0.717, 1.165) is 26.1 Å². The molecule has 0 radical (unpaired) electrons. The topological polar surface area (TPSA) is 30.5 Å². The maximum absolute atomic E-state index is 5.82. The number of halogens is 1. The molecule has 2 rings (SSSR count). The van der Waals surface area contributed by atoms with Gasteiger partial charge in [-0.15, -0.1) is 0 Å². The van der Waals surface area contributed by atoms with E-state index < -0.39 is 0 Å². The van der Waals surface area contributed by atoms with E-state index in [1.165, 1.54) is 0 Å². The zero-order chi connectivity index (χ0) is 9.26. The normalized spacial score (nSPS) is 41.5. The first kappa shape index (κ1) is 10.1. The summed E-state index contributed by atoms with van der Waals surface area (Å²) in [5.41, 5.74) is 0. The van der Waals surface area contributed by atoms with Crippen molar-refractivity contribution in [2.75, 3.05) is 13.2 Å². The SMILES string of the molecule is CC(I)OC1CC2COCC(C1)N2. The molecule has 2 saturated heterocycles. The number of alkyl halides is 1.